The molecule has 1 heterocycles. The summed E-state index contributed by atoms with van der Waals surface area (Å²) in [5.74, 6) is -1.41. The molecule has 1 aromatic carbocycles. The highest BCUT2D eigenvalue weighted by atomic mass is 19.1. The van der Waals surface area contributed by atoms with E-state index in [2.05, 4.69) is 15.5 Å². The number of rotatable bonds is 2. The average Bonchev–Trinajstić information content (AvgIpc) is 2.34. The van der Waals surface area contributed by atoms with Crippen molar-refractivity contribution >= 4 is 11.6 Å². The smallest absolute Gasteiger partial charge is 0.257 e. The van der Waals surface area contributed by atoms with Crippen LogP contribution < -0.4 is 5.32 Å². The van der Waals surface area contributed by atoms with Crippen molar-refractivity contribution in [2.45, 2.75) is 0 Å². The molecule has 1 amide bonds. The molecule has 0 spiro atoms. The number of nitrogens with one attached hydrogen (secondary N) is 1. The number of carbonyl (C=O) groups is 1. The Morgan fingerprint density at radius 2 is 2.12 bits per heavy atom. The van der Waals surface area contributed by atoms with E-state index in [0.29, 0.717) is 0 Å². The topological polar surface area (TPSA) is 75.1 Å². The molecule has 0 aliphatic rings. The van der Waals surface area contributed by atoms with Gasteiger partial charge in [-0.25, -0.2) is 4.39 Å². The van der Waals surface area contributed by atoms with Gasteiger partial charge < -0.3 is 10.4 Å². The van der Waals surface area contributed by atoms with Gasteiger partial charge in [-0.3, -0.25) is 4.79 Å². The maximum absolute atomic E-state index is 13.3. The molecule has 86 valence electrons. The van der Waals surface area contributed by atoms with Crippen LogP contribution >= 0.6 is 0 Å². The second kappa shape index (κ2) is 4.56. The number of aromatic hydroxyl groups is 1. The van der Waals surface area contributed by atoms with Crippen molar-refractivity contribution < 1.29 is 14.3 Å². The predicted octanol–water partition coefficient (Wildman–Crippen LogP) is 1.57. The van der Waals surface area contributed by atoms with Gasteiger partial charge in [-0.2, -0.15) is 10.2 Å². The predicted molar refractivity (Wildman–Crippen MR) is 58.1 cm³/mol. The normalized spacial score (nSPS) is 9.94. The Kier molecular flexibility index (Phi) is 2.95. The van der Waals surface area contributed by atoms with Crippen LogP contribution in [-0.4, -0.2) is 21.2 Å². The largest absolute Gasteiger partial charge is 0.508 e. The van der Waals surface area contributed by atoms with E-state index in [1.807, 2.05) is 0 Å². The highest BCUT2D eigenvalue weighted by molar-refractivity contribution is 6.04. The fourth-order valence-electron chi connectivity index (χ4n) is 1.22. The zero-order valence-electron chi connectivity index (χ0n) is 8.59. The minimum absolute atomic E-state index is 0.00962. The minimum Gasteiger partial charge on any atom is -0.508 e. The van der Waals surface area contributed by atoms with Crippen LogP contribution in [-0.2, 0) is 0 Å². The van der Waals surface area contributed by atoms with E-state index < -0.39 is 11.7 Å². The van der Waals surface area contributed by atoms with Crippen LogP contribution in [0.4, 0.5) is 10.1 Å². The number of aromatic nitrogens is 2. The van der Waals surface area contributed by atoms with E-state index in [-0.39, 0.29) is 17.0 Å². The lowest BCUT2D eigenvalue weighted by molar-refractivity contribution is 0.102. The van der Waals surface area contributed by atoms with Gasteiger partial charge in [-0.1, -0.05) is 0 Å². The Balaban J connectivity index is 2.19. The second-order valence-electron chi connectivity index (χ2n) is 3.25. The molecule has 5 nitrogen and oxygen atoms in total. The van der Waals surface area contributed by atoms with E-state index in [0.717, 1.165) is 6.07 Å². The number of halogens is 1. The maximum Gasteiger partial charge on any atom is 0.257 e. The Labute approximate surface area is 95.9 Å². The van der Waals surface area contributed by atoms with Crippen molar-refractivity contribution in [2.24, 2.45) is 0 Å². The lowest BCUT2D eigenvalue weighted by Gasteiger charge is -2.05. The number of nitrogens with zero attached hydrogens (tertiary/aromatic N) is 2. The van der Waals surface area contributed by atoms with Gasteiger partial charge in [-0.15, -0.1) is 0 Å². The molecular weight excluding hydrogens is 225 g/mol. The number of phenols is 1. The number of carbonyl (C=O) groups excluding carboxylic acids is 1. The highest BCUT2D eigenvalue weighted by Gasteiger charge is 2.09. The number of phenolic OH excluding ortho intramolecular Hbond substituents is 1. The average molecular weight is 233 g/mol. The van der Waals surface area contributed by atoms with Gasteiger partial charge in [0.05, 0.1) is 23.6 Å². The van der Waals surface area contributed by atoms with Crippen LogP contribution in [0.5, 0.6) is 5.75 Å². The van der Waals surface area contributed by atoms with Gasteiger partial charge in [-0.05, 0) is 18.2 Å². The quantitative estimate of drug-likeness (QED) is 0.772. The molecule has 0 fully saturated rings. The number of hydrogen-bond donors (Lipinski definition) is 2. The van der Waals surface area contributed by atoms with Gasteiger partial charge in [0.1, 0.15) is 11.6 Å². The molecule has 0 bridgehead atoms. The summed E-state index contributed by atoms with van der Waals surface area (Å²) in [5, 5.41) is 18.4. The SMILES string of the molecule is O=C(Nc1ccc(O)cc1F)c1ccnnc1. The molecule has 0 unspecified atom stereocenters. The van der Waals surface area contributed by atoms with Crippen LogP contribution in [0.3, 0.4) is 0 Å². The third kappa shape index (κ3) is 2.54. The third-order valence-corrected chi connectivity index (χ3v) is 2.05. The summed E-state index contributed by atoms with van der Waals surface area (Å²) >= 11 is 0. The number of amides is 1. The fraction of sp³-hybridized carbons (Fsp3) is 0. The van der Waals surface area contributed by atoms with Gasteiger partial charge in [0.2, 0.25) is 0 Å². The van der Waals surface area contributed by atoms with E-state index >= 15 is 0 Å². The highest BCUT2D eigenvalue weighted by Crippen LogP contribution is 2.19. The van der Waals surface area contributed by atoms with Gasteiger partial charge in [0.25, 0.3) is 5.91 Å². The first-order valence-corrected chi connectivity index (χ1v) is 4.73. The first-order valence-electron chi connectivity index (χ1n) is 4.73. The molecule has 0 atom stereocenters. The fourth-order valence-corrected chi connectivity index (χ4v) is 1.22. The maximum atomic E-state index is 13.3. The van der Waals surface area contributed by atoms with Gasteiger partial charge in [0.15, 0.2) is 0 Å². The molecule has 0 saturated carbocycles. The molecule has 2 rings (SSSR count). The lowest BCUT2D eigenvalue weighted by atomic mass is 10.2. The van der Waals surface area contributed by atoms with E-state index in [1.54, 1.807) is 0 Å². The molecule has 6 heteroatoms. The van der Waals surface area contributed by atoms with Crippen LogP contribution in [0.1, 0.15) is 10.4 Å². The lowest BCUT2D eigenvalue weighted by Crippen LogP contribution is -2.13. The van der Waals surface area contributed by atoms with Crippen LogP contribution in [0.2, 0.25) is 0 Å². The summed E-state index contributed by atoms with van der Waals surface area (Å²) in [6, 6.07) is 4.93. The molecule has 0 radical (unpaired) electrons. The van der Waals surface area contributed by atoms with Crippen molar-refractivity contribution in [2.75, 3.05) is 5.32 Å². The van der Waals surface area contributed by atoms with Crippen LogP contribution in [0, 0.1) is 5.82 Å². The molecule has 0 aliphatic carbocycles. The van der Waals surface area contributed by atoms with Crippen molar-refractivity contribution in [3.05, 3.63) is 48.0 Å². The molecule has 0 aliphatic heterocycles. The molecular formula is C11H8FN3O2. The summed E-state index contributed by atoms with van der Waals surface area (Å²) in [5.41, 5.74) is 0.261. The third-order valence-electron chi connectivity index (χ3n) is 2.05. The first-order chi connectivity index (χ1) is 8.16. The first kappa shape index (κ1) is 11.0. The monoisotopic (exact) mass is 233 g/mol. The molecule has 2 N–H and O–H groups in total. The second-order valence-corrected chi connectivity index (χ2v) is 3.25. The summed E-state index contributed by atoms with van der Waals surface area (Å²) in [6.07, 6.45) is 2.63. The number of anilines is 1. The van der Waals surface area contributed by atoms with Crippen molar-refractivity contribution in [1.29, 1.82) is 0 Å². The standard InChI is InChI=1S/C11H8FN3O2/c12-9-5-8(16)1-2-10(9)15-11(17)7-3-4-13-14-6-7/h1-6,16H,(H,15,17). The Bertz CT molecular complexity index is 546. The Morgan fingerprint density at radius 3 is 2.76 bits per heavy atom. The Morgan fingerprint density at radius 1 is 1.29 bits per heavy atom. The van der Waals surface area contributed by atoms with Crippen molar-refractivity contribution in [1.82, 2.24) is 10.2 Å². The van der Waals surface area contributed by atoms with Gasteiger partial charge in [0, 0.05) is 6.07 Å². The molecule has 17 heavy (non-hydrogen) atoms. The van der Waals surface area contributed by atoms with E-state index in [4.69, 9.17) is 5.11 Å². The van der Waals surface area contributed by atoms with Gasteiger partial charge >= 0.3 is 0 Å². The molecule has 2 aromatic rings. The number of hydrogen-bond acceptors (Lipinski definition) is 4. The zero-order valence-corrected chi connectivity index (χ0v) is 8.59. The van der Waals surface area contributed by atoms with Crippen molar-refractivity contribution in [3.8, 4) is 5.75 Å². The van der Waals surface area contributed by atoms with Crippen LogP contribution in [0.25, 0.3) is 0 Å². The summed E-state index contributed by atoms with van der Waals surface area (Å²) in [4.78, 5) is 11.6. The number of benzene rings is 1. The minimum atomic E-state index is -0.708. The van der Waals surface area contributed by atoms with E-state index in [1.165, 1.54) is 30.6 Å². The summed E-state index contributed by atoms with van der Waals surface area (Å²) in [6.45, 7) is 0. The zero-order chi connectivity index (χ0) is 12.3. The molecule has 0 saturated heterocycles. The Hall–Kier alpha value is -2.50. The molecule has 1 aromatic heterocycles. The van der Waals surface area contributed by atoms with E-state index in [9.17, 15) is 9.18 Å². The summed E-state index contributed by atoms with van der Waals surface area (Å²) < 4.78 is 13.3. The van der Waals surface area contributed by atoms with Crippen LogP contribution in [0.15, 0.2) is 36.7 Å². The summed E-state index contributed by atoms with van der Waals surface area (Å²) in [7, 11) is 0. The van der Waals surface area contributed by atoms with Crippen molar-refractivity contribution in [3.63, 3.8) is 0 Å².